The van der Waals surface area contributed by atoms with Crippen LogP contribution in [-0.4, -0.2) is 42.7 Å². The van der Waals surface area contributed by atoms with E-state index in [4.69, 9.17) is 0 Å². The molecule has 8 heteroatoms. The summed E-state index contributed by atoms with van der Waals surface area (Å²) in [5, 5.41) is 14.8. The zero-order valence-corrected chi connectivity index (χ0v) is 16.2. The molecule has 3 heterocycles. The number of hydrogen-bond acceptors (Lipinski definition) is 6. The molecule has 4 aromatic rings. The normalized spacial score (nSPS) is 12.7. The Morgan fingerprint density at radius 2 is 2.00 bits per heavy atom. The highest BCUT2D eigenvalue weighted by Gasteiger charge is 2.30. The van der Waals surface area contributed by atoms with Crippen molar-refractivity contribution in [2.45, 2.75) is 19.4 Å². The minimum atomic E-state index is -0.429. The Labute approximate surface area is 165 Å². The van der Waals surface area contributed by atoms with Crippen LogP contribution < -0.4 is 0 Å². The molecule has 3 aromatic heterocycles. The van der Waals surface area contributed by atoms with Gasteiger partial charge in [0.25, 0.3) is 0 Å². The van der Waals surface area contributed by atoms with E-state index in [1.165, 1.54) is 28.2 Å². The van der Waals surface area contributed by atoms with Gasteiger partial charge in [-0.2, -0.15) is 9.61 Å². The van der Waals surface area contributed by atoms with Crippen molar-refractivity contribution in [3.63, 3.8) is 0 Å². The van der Waals surface area contributed by atoms with Crippen molar-refractivity contribution in [2.24, 2.45) is 0 Å². The fraction of sp³-hybridized carbons (Fsp3) is 0.250. The third-order valence-electron chi connectivity index (χ3n) is 4.80. The Kier molecular flexibility index (Phi) is 5.31. The van der Waals surface area contributed by atoms with Gasteiger partial charge in [0.05, 0.1) is 10.9 Å². The number of likely N-dealkylation sites (N-methyl/N-ethyl adjacent to an activating group) is 1. The zero-order chi connectivity index (χ0) is 19.5. The van der Waals surface area contributed by atoms with Gasteiger partial charge in [-0.05, 0) is 36.7 Å². The van der Waals surface area contributed by atoms with E-state index < -0.39 is 6.04 Å². The van der Waals surface area contributed by atoms with E-state index in [0.717, 1.165) is 12.0 Å². The summed E-state index contributed by atoms with van der Waals surface area (Å²) in [5.41, 5.74) is 1.69. The van der Waals surface area contributed by atoms with Crippen molar-refractivity contribution in [2.75, 3.05) is 13.1 Å². The van der Waals surface area contributed by atoms with E-state index in [9.17, 15) is 9.50 Å². The van der Waals surface area contributed by atoms with Crippen LogP contribution >= 0.6 is 11.3 Å². The van der Waals surface area contributed by atoms with Gasteiger partial charge in [0, 0.05) is 24.5 Å². The number of fused-ring (bicyclic) bond motifs is 1. The summed E-state index contributed by atoms with van der Waals surface area (Å²) >= 11 is 1.33. The minimum Gasteiger partial charge on any atom is -0.492 e. The number of nitrogens with zero attached hydrogens (tertiary/aromatic N) is 5. The molecule has 0 aliphatic heterocycles. The molecule has 1 aromatic carbocycles. The lowest BCUT2D eigenvalue weighted by molar-refractivity contribution is 0.234. The van der Waals surface area contributed by atoms with Crippen LogP contribution in [0, 0.1) is 5.82 Å². The van der Waals surface area contributed by atoms with Gasteiger partial charge >= 0.3 is 0 Å². The summed E-state index contributed by atoms with van der Waals surface area (Å²) in [6, 6.07) is 10.2. The molecule has 0 bridgehead atoms. The van der Waals surface area contributed by atoms with E-state index >= 15 is 0 Å². The van der Waals surface area contributed by atoms with Crippen molar-refractivity contribution in [3.05, 3.63) is 76.9 Å². The molecule has 28 heavy (non-hydrogen) atoms. The molecule has 0 fully saturated rings. The monoisotopic (exact) mass is 397 g/mol. The molecule has 0 aliphatic rings. The van der Waals surface area contributed by atoms with Crippen molar-refractivity contribution in [1.29, 1.82) is 0 Å². The number of halogens is 1. The predicted molar refractivity (Wildman–Crippen MR) is 106 cm³/mol. The second-order valence-electron chi connectivity index (χ2n) is 6.40. The summed E-state index contributed by atoms with van der Waals surface area (Å²) in [6.45, 7) is 3.43. The summed E-state index contributed by atoms with van der Waals surface area (Å²) in [5.74, 6) is -0.290. The van der Waals surface area contributed by atoms with Crippen LogP contribution in [0.2, 0.25) is 0 Å². The van der Waals surface area contributed by atoms with E-state index in [-0.39, 0.29) is 11.7 Å². The Morgan fingerprint density at radius 1 is 1.21 bits per heavy atom. The number of rotatable bonds is 7. The van der Waals surface area contributed by atoms with Crippen LogP contribution in [0.15, 0.2) is 55.1 Å². The van der Waals surface area contributed by atoms with Crippen molar-refractivity contribution >= 4 is 16.3 Å². The summed E-state index contributed by atoms with van der Waals surface area (Å²) < 4.78 is 16.1. The Bertz CT molecular complexity index is 1060. The summed E-state index contributed by atoms with van der Waals surface area (Å²) in [7, 11) is 0. The van der Waals surface area contributed by atoms with Gasteiger partial charge in [0.2, 0.25) is 10.8 Å². The van der Waals surface area contributed by atoms with Crippen LogP contribution in [0.3, 0.4) is 0 Å². The molecule has 0 amide bonds. The second kappa shape index (κ2) is 8.04. The van der Waals surface area contributed by atoms with Crippen LogP contribution in [-0.2, 0) is 6.42 Å². The van der Waals surface area contributed by atoms with Gasteiger partial charge in [-0.25, -0.2) is 9.37 Å². The molecule has 4 rings (SSSR count). The van der Waals surface area contributed by atoms with Crippen LogP contribution in [0.25, 0.3) is 4.96 Å². The van der Waals surface area contributed by atoms with E-state index in [1.54, 1.807) is 24.5 Å². The van der Waals surface area contributed by atoms with Crippen LogP contribution in [0.5, 0.6) is 5.88 Å². The smallest absolute Gasteiger partial charge is 0.230 e. The van der Waals surface area contributed by atoms with Gasteiger partial charge < -0.3 is 5.11 Å². The zero-order valence-electron chi connectivity index (χ0n) is 15.4. The highest BCUT2D eigenvalue weighted by atomic mass is 32.1. The molecule has 0 aliphatic carbocycles. The van der Waals surface area contributed by atoms with Gasteiger partial charge in [-0.3, -0.25) is 9.88 Å². The first kappa shape index (κ1) is 18.5. The van der Waals surface area contributed by atoms with Crippen molar-refractivity contribution in [3.8, 4) is 5.88 Å². The Balaban J connectivity index is 1.74. The minimum absolute atomic E-state index is 0.00751. The molecule has 0 saturated carbocycles. The molecular weight excluding hydrogens is 377 g/mol. The van der Waals surface area contributed by atoms with Crippen LogP contribution in [0.4, 0.5) is 4.39 Å². The molecule has 0 radical (unpaired) electrons. The Hall–Kier alpha value is -2.84. The number of pyridine rings is 1. The van der Waals surface area contributed by atoms with Crippen molar-refractivity contribution in [1.82, 2.24) is 24.5 Å². The standard InChI is InChI=1S/C20H20FN5OS/c1-2-25(12-9-14-7-10-22-11-8-14)17(15-5-3-4-6-16(15)21)18-19(27)26-20(28-18)23-13-24-26/h3-8,10-11,13,17,27H,2,9,12H2,1H3. The number of aromatic hydroxyl groups is 1. The second-order valence-corrected chi connectivity index (χ2v) is 7.41. The summed E-state index contributed by atoms with van der Waals surface area (Å²) in [4.78, 5) is 11.6. The third-order valence-corrected chi connectivity index (χ3v) is 5.88. The van der Waals surface area contributed by atoms with Gasteiger partial charge in [0.1, 0.15) is 12.1 Å². The topological polar surface area (TPSA) is 66.6 Å². The molecule has 1 unspecified atom stereocenters. The maximum Gasteiger partial charge on any atom is 0.230 e. The van der Waals surface area contributed by atoms with E-state index in [1.807, 2.05) is 25.1 Å². The van der Waals surface area contributed by atoms with Gasteiger partial charge in [-0.15, -0.1) is 0 Å². The number of benzene rings is 1. The lowest BCUT2D eigenvalue weighted by Gasteiger charge is -2.30. The highest BCUT2D eigenvalue weighted by molar-refractivity contribution is 7.17. The first-order valence-electron chi connectivity index (χ1n) is 9.07. The average molecular weight is 397 g/mol. The maximum absolute atomic E-state index is 14.7. The van der Waals surface area contributed by atoms with Gasteiger partial charge in [-0.1, -0.05) is 36.5 Å². The van der Waals surface area contributed by atoms with Gasteiger partial charge in [0.15, 0.2) is 0 Å². The fourth-order valence-corrected chi connectivity index (χ4v) is 4.45. The fourth-order valence-electron chi connectivity index (χ4n) is 3.36. The van der Waals surface area contributed by atoms with E-state index in [2.05, 4.69) is 20.0 Å². The van der Waals surface area contributed by atoms with Crippen molar-refractivity contribution < 1.29 is 9.50 Å². The predicted octanol–water partition coefficient (Wildman–Crippen LogP) is 3.68. The maximum atomic E-state index is 14.7. The third kappa shape index (κ3) is 3.48. The molecule has 0 spiro atoms. The SMILES string of the molecule is CCN(CCc1ccncc1)C(c1ccccc1F)c1sc2ncnn2c1O. The number of thiazole rings is 1. The summed E-state index contributed by atoms with van der Waals surface area (Å²) in [6.07, 6.45) is 5.73. The van der Waals surface area contributed by atoms with Crippen LogP contribution in [0.1, 0.15) is 29.0 Å². The first-order chi connectivity index (χ1) is 13.7. The molecule has 1 N–H and O–H groups in total. The lowest BCUT2D eigenvalue weighted by atomic mass is 10.0. The molecule has 144 valence electrons. The number of hydrogen-bond donors (Lipinski definition) is 1. The first-order valence-corrected chi connectivity index (χ1v) is 9.89. The van der Waals surface area contributed by atoms with E-state index in [0.29, 0.717) is 28.5 Å². The largest absolute Gasteiger partial charge is 0.492 e. The highest BCUT2D eigenvalue weighted by Crippen LogP contribution is 2.40. The molecular formula is C20H20FN5OS. The lowest BCUT2D eigenvalue weighted by Crippen LogP contribution is -2.31. The number of aromatic nitrogens is 4. The molecule has 0 saturated heterocycles. The average Bonchev–Trinajstić information content (AvgIpc) is 3.30. The Morgan fingerprint density at radius 3 is 2.71 bits per heavy atom. The molecule has 6 nitrogen and oxygen atoms in total. The molecule has 1 atom stereocenters. The quantitative estimate of drug-likeness (QED) is 0.515.